The van der Waals surface area contributed by atoms with E-state index in [0.717, 1.165) is 30.4 Å². The number of hydrogen-bond acceptors (Lipinski definition) is 5. The quantitative estimate of drug-likeness (QED) is 0.164. The van der Waals surface area contributed by atoms with Crippen LogP contribution >= 0.6 is 0 Å². The van der Waals surface area contributed by atoms with E-state index in [4.69, 9.17) is 9.47 Å². The van der Waals surface area contributed by atoms with Gasteiger partial charge in [-0.25, -0.2) is 0 Å². The fourth-order valence-corrected chi connectivity index (χ4v) is 4.31. The lowest BCUT2D eigenvalue weighted by Gasteiger charge is -2.26. The second kappa shape index (κ2) is 12.7. The zero-order valence-corrected chi connectivity index (χ0v) is 22.1. The minimum atomic E-state index is -0.688. The van der Waals surface area contributed by atoms with Gasteiger partial charge in [-0.05, 0) is 61.6 Å². The molecule has 2 aromatic rings. The summed E-state index contributed by atoms with van der Waals surface area (Å²) in [7, 11) is 0. The van der Waals surface area contributed by atoms with Crippen molar-refractivity contribution in [2.75, 3.05) is 19.8 Å². The van der Waals surface area contributed by atoms with Crippen LogP contribution in [0.25, 0.3) is 5.76 Å². The lowest BCUT2D eigenvalue weighted by atomic mass is 9.93. The van der Waals surface area contributed by atoms with E-state index in [9.17, 15) is 14.7 Å². The maximum absolute atomic E-state index is 13.2. The Morgan fingerprint density at radius 1 is 0.944 bits per heavy atom. The summed E-state index contributed by atoms with van der Waals surface area (Å²) >= 11 is 0. The number of ether oxygens (including phenoxy) is 2. The molecule has 1 aliphatic rings. The molecule has 2 aromatic carbocycles. The van der Waals surface area contributed by atoms with E-state index in [0.29, 0.717) is 30.4 Å². The lowest BCUT2D eigenvalue weighted by Crippen LogP contribution is -2.33. The molecule has 1 heterocycles. The standard InChI is InChI=1S/C30H39NO5/c1-6-7-8-18-36-25-15-13-24(14-16-25)28(32)26-27(23-11-9-22(10-12-23)20(2)3)31(30(34)29(26)33)17-19-35-21(4)5/h9-16,20-21,27,32H,6-8,17-19H2,1-5H3/b28-26-. The highest BCUT2D eigenvalue weighted by Gasteiger charge is 2.45. The molecule has 6 nitrogen and oxygen atoms in total. The summed E-state index contributed by atoms with van der Waals surface area (Å²) in [6.45, 7) is 11.4. The Hall–Kier alpha value is -3.12. The van der Waals surface area contributed by atoms with Crippen LogP contribution in [0.4, 0.5) is 0 Å². The van der Waals surface area contributed by atoms with Gasteiger partial charge >= 0.3 is 0 Å². The van der Waals surface area contributed by atoms with Crippen LogP contribution < -0.4 is 4.74 Å². The number of Topliss-reactive ketones (excluding diaryl/α,β-unsaturated/α-hetero) is 1. The molecule has 194 valence electrons. The molecule has 0 aromatic heterocycles. The van der Waals surface area contributed by atoms with Crippen LogP contribution in [-0.4, -0.2) is 47.6 Å². The summed E-state index contributed by atoms with van der Waals surface area (Å²) in [6.07, 6.45) is 3.23. The van der Waals surface area contributed by atoms with Gasteiger partial charge in [-0.1, -0.05) is 57.9 Å². The van der Waals surface area contributed by atoms with Crippen molar-refractivity contribution in [3.63, 3.8) is 0 Å². The van der Waals surface area contributed by atoms with Gasteiger partial charge in [-0.3, -0.25) is 9.59 Å². The van der Waals surface area contributed by atoms with Crippen molar-refractivity contribution >= 4 is 17.4 Å². The number of amides is 1. The molecular weight excluding hydrogens is 454 g/mol. The average Bonchev–Trinajstić information content (AvgIpc) is 3.11. The minimum absolute atomic E-state index is 0.00769. The Labute approximate surface area is 214 Å². The van der Waals surface area contributed by atoms with Crippen LogP contribution in [0.15, 0.2) is 54.1 Å². The first-order valence-electron chi connectivity index (χ1n) is 13.0. The molecule has 1 saturated heterocycles. The molecule has 0 radical (unpaired) electrons. The van der Waals surface area contributed by atoms with Gasteiger partial charge in [-0.15, -0.1) is 0 Å². The van der Waals surface area contributed by atoms with E-state index >= 15 is 0 Å². The Kier molecular flexibility index (Phi) is 9.71. The molecule has 6 heteroatoms. The second-order valence-electron chi connectivity index (χ2n) is 9.81. The van der Waals surface area contributed by atoms with Crippen molar-refractivity contribution in [1.82, 2.24) is 4.90 Å². The van der Waals surface area contributed by atoms with Crippen LogP contribution in [0.5, 0.6) is 5.75 Å². The van der Waals surface area contributed by atoms with E-state index in [-0.39, 0.29) is 24.0 Å². The number of carbonyl (C=O) groups excluding carboxylic acids is 2. The number of aliphatic hydroxyl groups is 1. The fraction of sp³-hybridized carbons (Fsp3) is 0.467. The van der Waals surface area contributed by atoms with Gasteiger partial charge in [0.2, 0.25) is 0 Å². The molecule has 1 aliphatic heterocycles. The number of carbonyl (C=O) groups is 2. The maximum atomic E-state index is 13.2. The fourth-order valence-electron chi connectivity index (χ4n) is 4.31. The van der Waals surface area contributed by atoms with Gasteiger partial charge < -0.3 is 19.5 Å². The topological polar surface area (TPSA) is 76.1 Å². The third-order valence-electron chi connectivity index (χ3n) is 6.39. The molecule has 3 rings (SSSR count). The van der Waals surface area contributed by atoms with Crippen LogP contribution in [0.1, 0.15) is 82.5 Å². The molecule has 1 unspecified atom stereocenters. The number of likely N-dealkylation sites (tertiary alicyclic amines) is 1. The van der Waals surface area contributed by atoms with Gasteiger partial charge in [0.1, 0.15) is 11.5 Å². The van der Waals surface area contributed by atoms with Crippen molar-refractivity contribution in [3.8, 4) is 5.75 Å². The van der Waals surface area contributed by atoms with E-state index in [1.54, 1.807) is 24.3 Å². The summed E-state index contributed by atoms with van der Waals surface area (Å²) in [5, 5.41) is 11.3. The SMILES string of the molecule is CCCCCOc1ccc(/C(O)=C2/C(=O)C(=O)N(CCOC(C)C)C2c2ccc(C(C)C)cc2)cc1. The highest BCUT2D eigenvalue weighted by atomic mass is 16.5. The molecule has 1 atom stereocenters. The lowest BCUT2D eigenvalue weighted by molar-refractivity contribution is -0.140. The van der Waals surface area contributed by atoms with E-state index < -0.39 is 17.7 Å². The predicted molar refractivity (Wildman–Crippen MR) is 142 cm³/mol. The van der Waals surface area contributed by atoms with Crippen molar-refractivity contribution in [1.29, 1.82) is 0 Å². The Balaban J connectivity index is 1.95. The number of rotatable bonds is 12. The number of unbranched alkanes of at least 4 members (excludes halogenated alkanes) is 2. The summed E-state index contributed by atoms with van der Waals surface area (Å²) in [4.78, 5) is 27.8. The van der Waals surface area contributed by atoms with Crippen LogP contribution in [0, 0.1) is 0 Å². The molecule has 1 N–H and O–H groups in total. The van der Waals surface area contributed by atoms with Crippen molar-refractivity contribution in [3.05, 3.63) is 70.8 Å². The number of ketones is 1. The minimum Gasteiger partial charge on any atom is -0.507 e. The highest BCUT2D eigenvalue weighted by Crippen LogP contribution is 2.39. The third-order valence-corrected chi connectivity index (χ3v) is 6.39. The molecule has 0 saturated carbocycles. The third kappa shape index (κ3) is 6.55. The molecule has 0 spiro atoms. The maximum Gasteiger partial charge on any atom is 0.295 e. The first kappa shape index (κ1) is 27.5. The Morgan fingerprint density at radius 2 is 1.61 bits per heavy atom. The highest BCUT2D eigenvalue weighted by molar-refractivity contribution is 6.46. The van der Waals surface area contributed by atoms with Crippen molar-refractivity contribution in [2.45, 2.75) is 71.9 Å². The first-order valence-corrected chi connectivity index (χ1v) is 13.0. The van der Waals surface area contributed by atoms with E-state index in [2.05, 4.69) is 20.8 Å². The van der Waals surface area contributed by atoms with E-state index in [1.165, 1.54) is 4.90 Å². The molecule has 1 fully saturated rings. The smallest absolute Gasteiger partial charge is 0.295 e. The normalized spacial score (nSPS) is 17.4. The van der Waals surface area contributed by atoms with E-state index in [1.807, 2.05) is 38.1 Å². The van der Waals surface area contributed by atoms with Crippen LogP contribution in [0.3, 0.4) is 0 Å². The number of aliphatic hydroxyl groups excluding tert-OH is 1. The zero-order chi connectivity index (χ0) is 26.2. The second-order valence-corrected chi connectivity index (χ2v) is 9.81. The average molecular weight is 494 g/mol. The van der Waals surface area contributed by atoms with Crippen LogP contribution in [-0.2, 0) is 14.3 Å². The summed E-state index contributed by atoms with van der Waals surface area (Å²) in [5.41, 5.74) is 2.50. The molecule has 0 aliphatic carbocycles. The summed E-state index contributed by atoms with van der Waals surface area (Å²) < 4.78 is 11.4. The Morgan fingerprint density at radius 3 is 2.19 bits per heavy atom. The zero-order valence-electron chi connectivity index (χ0n) is 22.1. The summed E-state index contributed by atoms with van der Waals surface area (Å²) in [5.74, 6) is -0.439. The van der Waals surface area contributed by atoms with Gasteiger partial charge in [-0.2, -0.15) is 0 Å². The van der Waals surface area contributed by atoms with Crippen molar-refractivity contribution in [2.24, 2.45) is 0 Å². The van der Waals surface area contributed by atoms with Gasteiger partial charge in [0.05, 0.1) is 30.9 Å². The number of nitrogens with zero attached hydrogens (tertiary/aromatic N) is 1. The number of benzene rings is 2. The summed E-state index contributed by atoms with van der Waals surface area (Å²) in [6, 6.07) is 14.2. The molecule has 36 heavy (non-hydrogen) atoms. The monoisotopic (exact) mass is 493 g/mol. The van der Waals surface area contributed by atoms with Gasteiger partial charge in [0, 0.05) is 12.1 Å². The first-order chi connectivity index (χ1) is 17.2. The largest absolute Gasteiger partial charge is 0.507 e. The Bertz CT molecular complexity index is 1050. The molecule has 0 bridgehead atoms. The van der Waals surface area contributed by atoms with Crippen molar-refractivity contribution < 1.29 is 24.2 Å². The predicted octanol–water partition coefficient (Wildman–Crippen LogP) is 6.23. The van der Waals surface area contributed by atoms with Gasteiger partial charge in [0.15, 0.2) is 0 Å². The molecule has 1 amide bonds. The number of hydrogen-bond donors (Lipinski definition) is 1. The molecular formula is C30H39NO5. The van der Waals surface area contributed by atoms with Gasteiger partial charge in [0.25, 0.3) is 11.7 Å². The van der Waals surface area contributed by atoms with Crippen LogP contribution in [0.2, 0.25) is 0 Å².